The monoisotopic (exact) mass is 270 g/mol. The summed E-state index contributed by atoms with van der Waals surface area (Å²) in [6, 6.07) is 6.03. The Hall–Kier alpha value is -2.14. The number of rotatable bonds is 3. The van der Waals surface area contributed by atoms with Crippen molar-refractivity contribution in [2.75, 3.05) is 5.32 Å². The van der Waals surface area contributed by atoms with E-state index in [2.05, 4.69) is 17.3 Å². The maximum absolute atomic E-state index is 12.2. The number of nitrogens with two attached hydrogens (primary N) is 1. The zero-order valence-corrected chi connectivity index (χ0v) is 11.6. The van der Waals surface area contributed by atoms with Crippen LogP contribution in [-0.4, -0.2) is 21.7 Å². The zero-order valence-electron chi connectivity index (χ0n) is 11.6. The molecule has 3 N–H and O–H groups in total. The predicted molar refractivity (Wildman–Crippen MR) is 77.7 cm³/mol. The van der Waals surface area contributed by atoms with Gasteiger partial charge in [0, 0.05) is 30.8 Å². The molecule has 0 spiro atoms. The van der Waals surface area contributed by atoms with E-state index in [0.717, 1.165) is 6.42 Å². The number of benzene rings is 1. The van der Waals surface area contributed by atoms with E-state index in [1.807, 2.05) is 25.2 Å². The van der Waals surface area contributed by atoms with Gasteiger partial charge in [0.1, 0.15) is 0 Å². The van der Waals surface area contributed by atoms with Crippen molar-refractivity contribution >= 4 is 11.6 Å². The molecule has 1 aromatic carbocycles. The van der Waals surface area contributed by atoms with Crippen LogP contribution in [0.2, 0.25) is 0 Å². The summed E-state index contributed by atoms with van der Waals surface area (Å²) in [6.07, 6.45) is 4.40. The second kappa shape index (κ2) is 4.76. The highest BCUT2D eigenvalue weighted by molar-refractivity contribution is 6.04. The molecule has 1 heterocycles. The molecule has 2 unspecified atom stereocenters. The first-order valence-corrected chi connectivity index (χ1v) is 6.70. The molecular formula is C15H18N4O. The van der Waals surface area contributed by atoms with Gasteiger partial charge in [0.2, 0.25) is 0 Å². The lowest BCUT2D eigenvalue weighted by molar-refractivity contribution is 0.102. The normalized spacial score (nSPS) is 20.8. The second-order valence-corrected chi connectivity index (χ2v) is 5.43. The van der Waals surface area contributed by atoms with Crippen LogP contribution in [0.25, 0.3) is 0 Å². The molecule has 2 aromatic rings. The van der Waals surface area contributed by atoms with E-state index >= 15 is 0 Å². The molecule has 1 aliphatic carbocycles. The van der Waals surface area contributed by atoms with Gasteiger partial charge in [0.05, 0.1) is 11.9 Å². The number of hydrogen-bond acceptors (Lipinski definition) is 3. The molecule has 5 nitrogen and oxygen atoms in total. The number of anilines is 1. The quantitative estimate of drug-likeness (QED) is 0.893. The first-order chi connectivity index (χ1) is 9.54. The summed E-state index contributed by atoms with van der Waals surface area (Å²) < 4.78 is 1.65. The third-order valence-electron chi connectivity index (χ3n) is 3.74. The van der Waals surface area contributed by atoms with Gasteiger partial charge in [-0.05, 0) is 36.6 Å². The summed E-state index contributed by atoms with van der Waals surface area (Å²) in [5, 5.41) is 6.87. The SMILES string of the molecule is Cc1ccc(C(=O)Nc2cnn(C)c2)cc1C1CC1N. The first kappa shape index (κ1) is 12.9. The van der Waals surface area contributed by atoms with E-state index in [9.17, 15) is 4.79 Å². The molecule has 1 fully saturated rings. The van der Waals surface area contributed by atoms with Gasteiger partial charge in [-0.15, -0.1) is 0 Å². The zero-order chi connectivity index (χ0) is 14.3. The molecule has 5 heteroatoms. The van der Waals surface area contributed by atoms with Crippen LogP contribution >= 0.6 is 0 Å². The predicted octanol–water partition coefficient (Wildman–Crippen LogP) is 1.80. The molecule has 0 saturated heterocycles. The lowest BCUT2D eigenvalue weighted by atomic mass is 10.0. The van der Waals surface area contributed by atoms with Crippen molar-refractivity contribution in [2.45, 2.75) is 25.3 Å². The van der Waals surface area contributed by atoms with Gasteiger partial charge in [0.15, 0.2) is 0 Å². The van der Waals surface area contributed by atoms with Gasteiger partial charge < -0.3 is 11.1 Å². The number of nitrogens with one attached hydrogen (secondary N) is 1. The van der Waals surface area contributed by atoms with Crippen LogP contribution in [0.4, 0.5) is 5.69 Å². The molecule has 1 amide bonds. The second-order valence-electron chi connectivity index (χ2n) is 5.43. The number of amides is 1. The van der Waals surface area contributed by atoms with E-state index in [4.69, 9.17) is 5.73 Å². The maximum Gasteiger partial charge on any atom is 0.255 e. The lowest BCUT2D eigenvalue weighted by Gasteiger charge is -2.08. The smallest absolute Gasteiger partial charge is 0.255 e. The van der Waals surface area contributed by atoms with E-state index in [1.165, 1.54) is 11.1 Å². The van der Waals surface area contributed by atoms with Crippen LogP contribution in [0.3, 0.4) is 0 Å². The number of nitrogens with zero attached hydrogens (tertiary/aromatic N) is 2. The third-order valence-corrected chi connectivity index (χ3v) is 3.74. The summed E-state index contributed by atoms with van der Waals surface area (Å²) in [7, 11) is 1.81. The lowest BCUT2D eigenvalue weighted by Crippen LogP contribution is -2.12. The minimum atomic E-state index is -0.117. The van der Waals surface area contributed by atoms with E-state index in [0.29, 0.717) is 17.2 Å². The Labute approximate surface area is 117 Å². The van der Waals surface area contributed by atoms with Gasteiger partial charge in [0.25, 0.3) is 5.91 Å². The minimum absolute atomic E-state index is 0.117. The molecule has 0 aliphatic heterocycles. The topological polar surface area (TPSA) is 72.9 Å². The van der Waals surface area contributed by atoms with Crippen molar-refractivity contribution in [3.8, 4) is 0 Å². The highest BCUT2D eigenvalue weighted by Crippen LogP contribution is 2.40. The molecule has 2 atom stereocenters. The Balaban J connectivity index is 1.81. The van der Waals surface area contributed by atoms with Gasteiger partial charge in [-0.25, -0.2) is 0 Å². The summed E-state index contributed by atoms with van der Waals surface area (Å²) in [5.74, 6) is 0.287. The summed E-state index contributed by atoms with van der Waals surface area (Å²) in [6.45, 7) is 2.06. The van der Waals surface area contributed by atoms with Crippen LogP contribution in [-0.2, 0) is 7.05 Å². The Morgan fingerprint density at radius 1 is 1.50 bits per heavy atom. The number of aromatic nitrogens is 2. The van der Waals surface area contributed by atoms with E-state index in [-0.39, 0.29) is 11.9 Å². The molecule has 0 radical (unpaired) electrons. The van der Waals surface area contributed by atoms with Crippen molar-refractivity contribution in [2.24, 2.45) is 12.8 Å². The molecular weight excluding hydrogens is 252 g/mol. The summed E-state index contributed by atoms with van der Waals surface area (Å²) in [4.78, 5) is 12.2. The number of carbonyl (C=O) groups excluding carboxylic acids is 1. The van der Waals surface area contributed by atoms with Crippen LogP contribution < -0.4 is 11.1 Å². The molecule has 1 saturated carbocycles. The van der Waals surface area contributed by atoms with Crippen molar-refractivity contribution in [3.05, 3.63) is 47.3 Å². The van der Waals surface area contributed by atoms with Crippen molar-refractivity contribution < 1.29 is 4.79 Å². The van der Waals surface area contributed by atoms with Crippen LogP contribution in [0.5, 0.6) is 0 Å². The van der Waals surface area contributed by atoms with Crippen LogP contribution in [0.15, 0.2) is 30.6 Å². The molecule has 104 valence electrons. The highest BCUT2D eigenvalue weighted by Gasteiger charge is 2.36. The van der Waals surface area contributed by atoms with Gasteiger partial charge >= 0.3 is 0 Å². The molecule has 3 rings (SSSR count). The largest absolute Gasteiger partial charge is 0.327 e. The first-order valence-electron chi connectivity index (χ1n) is 6.70. The van der Waals surface area contributed by atoms with Gasteiger partial charge in [-0.2, -0.15) is 5.10 Å². The third kappa shape index (κ3) is 2.44. The minimum Gasteiger partial charge on any atom is -0.327 e. The Bertz CT molecular complexity index is 662. The Kier molecular flexibility index (Phi) is 3.06. The Morgan fingerprint density at radius 3 is 2.85 bits per heavy atom. The standard InChI is InChI=1S/C15H18N4O/c1-9-3-4-10(5-12(9)13-6-14(13)16)15(20)18-11-7-17-19(2)8-11/h3-5,7-8,13-14H,6,16H2,1-2H3,(H,18,20). The summed E-state index contributed by atoms with van der Waals surface area (Å²) in [5.41, 5.74) is 9.65. The van der Waals surface area contributed by atoms with Gasteiger partial charge in [-0.3, -0.25) is 9.48 Å². The van der Waals surface area contributed by atoms with Gasteiger partial charge in [-0.1, -0.05) is 6.07 Å². The average Bonchev–Trinajstić information content (AvgIpc) is 2.99. The maximum atomic E-state index is 12.2. The van der Waals surface area contributed by atoms with Crippen LogP contribution in [0.1, 0.15) is 33.8 Å². The molecule has 20 heavy (non-hydrogen) atoms. The summed E-state index contributed by atoms with van der Waals surface area (Å²) >= 11 is 0. The van der Waals surface area contributed by atoms with E-state index < -0.39 is 0 Å². The number of hydrogen-bond donors (Lipinski definition) is 2. The Morgan fingerprint density at radius 2 is 2.25 bits per heavy atom. The van der Waals surface area contributed by atoms with Crippen molar-refractivity contribution in [1.29, 1.82) is 0 Å². The average molecular weight is 270 g/mol. The molecule has 0 bridgehead atoms. The fourth-order valence-corrected chi connectivity index (χ4v) is 2.44. The number of carbonyl (C=O) groups is 1. The van der Waals surface area contributed by atoms with Crippen LogP contribution in [0, 0.1) is 6.92 Å². The highest BCUT2D eigenvalue weighted by atomic mass is 16.1. The fraction of sp³-hybridized carbons (Fsp3) is 0.333. The molecule has 1 aromatic heterocycles. The number of aryl methyl sites for hydroxylation is 2. The van der Waals surface area contributed by atoms with E-state index in [1.54, 1.807) is 17.1 Å². The van der Waals surface area contributed by atoms with Crippen molar-refractivity contribution in [3.63, 3.8) is 0 Å². The van der Waals surface area contributed by atoms with Crippen molar-refractivity contribution in [1.82, 2.24) is 9.78 Å². The molecule has 1 aliphatic rings. The fourth-order valence-electron chi connectivity index (χ4n) is 2.44.